The van der Waals surface area contributed by atoms with E-state index in [1.165, 1.54) is 26.6 Å². The summed E-state index contributed by atoms with van der Waals surface area (Å²) in [5.74, 6) is 0. The number of aromatic amines is 1. The molecule has 0 bridgehead atoms. The van der Waals surface area contributed by atoms with E-state index in [0.717, 1.165) is 12.8 Å². The first-order valence-corrected chi connectivity index (χ1v) is 6.04. The van der Waals surface area contributed by atoms with Crippen molar-refractivity contribution < 1.29 is 0 Å². The van der Waals surface area contributed by atoms with Crippen LogP contribution in [0.1, 0.15) is 18.2 Å². The molecule has 0 unspecified atom stereocenters. The van der Waals surface area contributed by atoms with Gasteiger partial charge >= 0.3 is 0 Å². The first-order chi connectivity index (χ1) is 7.26. The topological polar surface area (TPSA) is 41.8 Å². The van der Waals surface area contributed by atoms with E-state index >= 15 is 0 Å². The third-order valence-corrected chi connectivity index (χ3v) is 3.58. The second-order valence-electron chi connectivity index (χ2n) is 3.69. The predicted octanol–water partition coefficient (Wildman–Crippen LogP) is 2.99. The van der Waals surface area contributed by atoms with Crippen molar-refractivity contribution in [3.05, 3.63) is 33.9 Å². The minimum atomic E-state index is 0.673. The molecule has 80 valence electrons. The van der Waals surface area contributed by atoms with Crippen LogP contribution in [0.5, 0.6) is 0 Å². The fourth-order valence-corrected chi connectivity index (χ4v) is 2.42. The van der Waals surface area contributed by atoms with E-state index in [1.807, 2.05) is 0 Å². The van der Waals surface area contributed by atoms with Crippen LogP contribution < -0.4 is 5.73 Å². The zero-order valence-electron chi connectivity index (χ0n) is 8.81. The van der Waals surface area contributed by atoms with E-state index in [9.17, 15) is 0 Å². The Morgan fingerprint density at radius 3 is 2.87 bits per heavy atom. The van der Waals surface area contributed by atoms with Crippen molar-refractivity contribution in [1.29, 1.82) is 0 Å². The Balaban J connectivity index is 2.56. The fraction of sp³-hybridized carbons (Fsp3) is 0.333. The van der Waals surface area contributed by atoms with E-state index in [0.29, 0.717) is 6.54 Å². The Morgan fingerprint density at radius 1 is 1.40 bits per heavy atom. The minimum absolute atomic E-state index is 0.673. The van der Waals surface area contributed by atoms with Crippen molar-refractivity contribution in [2.45, 2.75) is 19.8 Å². The number of hydrogen-bond donors (Lipinski definition) is 2. The molecule has 0 radical (unpaired) electrons. The van der Waals surface area contributed by atoms with Gasteiger partial charge in [0, 0.05) is 27.5 Å². The van der Waals surface area contributed by atoms with Crippen molar-refractivity contribution in [2.24, 2.45) is 5.73 Å². The molecule has 0 aliphatic carbocycles. The molecule has 15 heavy (non-hydrogen) atoms. The molecule has 1 heterocycles. The van der Waals surface area contributed by atoms with Crippen LogP contribution in [0.25, 0.3) is 10.9 Å². The summed E-state index contributed by atoms with van der Waals surface area (Å²) in [5.41, 5.74) is 9.31. The number of rotatable bonds is 3. The van der Waals surface area contributed by atoms with Gasteiger partial charge in [-0.05, 0) is 46.6 Å². The van der Waals surface area contributed by atoms with Gasteiger partial charge in [0.1, 0.15) is 0 Å². The van der Waals surface area contributed by atoms with Crippen LogP contribution in [-0.4, -0.2) is 11.5 Å². The van der Waals surface area contributed by atoms with E-state index in [1.54, 1.807) is 0 Å². The Hall–Kier alpha value is -0.800. The number of nitrogens with two attached hydrogens (primary N) is 1. The molecule has 0 saturated carbocycles. The maximum atomic E-state index is 5.57. The van der Waals surface area contributed by atoms with Crippen LogP contribution in [0.15, 0.2) is 22.7 Å². The number of halogens is 1. The van der Waals surface area contributed by atoms with Crippen LogP contribution in [-0.2, 0) is 12.8 Å². The highest BCUT2D eigenvalue weighted by Gasteiger charge is 2.08. The van der Waals surface area contributed by atoms with Crippen molar-refractivity contribution >= 4 is 26.8 Å². The summed E-state index contributed by atoms with van der Waals surface area (Å²) in [6, 6.07) is 6.53. The third-order valence-electron chi connectivity index (χ3n) is 2.67. The normalized spacial score (nSPS) is 11.1. The molecular weight excluding hydrogens is 252 g/mol. The molecule has 2 rings (SSSR count). The lowest BCUT2D eigenvalue weighted by Gasteiger charge is -1.96. The predicted molar refractivity (Wildman–Crippen MR) is 68.1 cm³/mol. The number of aryl methyl sites for hydroxylation is 1. The number of nitrogens with one attached hydrogen (secondary N) is 1. The number of fused-ring (bicyclic) bond motifs is 1. The van der Waals surface area contributed by atoms with Gasteiger partial charge in [-0.1, -0.05) is 13.0 Å². The van der Waals surface area contributed by atoms with Crippen LogP contribution >= 0.6 is 15.9 Å². The number of aromatic nitrogens is 1. The van der Waals surface area contributed by atoms with Crippen molar-refractivity contribution in [3.63, 3.8) is 0 Å². The van der Waals surface area contributed by atoms with Gasteiger partial charge < -0.3 is 10.7 Å². The SMILES string of the molecule is CCc1ccc2[nH]c(CCN)c(Br)c2c1. The highest BCUT2D eigenvalue weighted by molar-refractivity contribution is 9.10. The molecule has 1 aromatic heterocycles. The highest BCUT2D eigenvalue weighted by atomic mass is 79.9. The first-order valence-electron chi connectivity index (χ1n) is 5.25. The average molecular weight is 267 g/mol. The van der Waals surface area contributed by atoms with Crippen molar-refractivity contribution in [2.75, 3.05) is 6.54 Å². The zero-order valence-corrected chi connectivity index (χ0v) is 10.4. The molecule has 0 atom stereocenters. The van der Waals surface area contributed by atoms with Gasteiger partial charge in [-0.3, -0.25) is 0 Å². The van der Waals surface area contributed by atoms with Crippen molar-refractivity contribution in [3.8, 4) is 0 Å². The lowest BCUT2D eigenvalue weighted by molar-refractivity contribution is 0.934. The monoisotopic (exact) mass is 266 g/mol. The smallest absolute Gasteiger partial charge is 0.0468 e. The molecule has 0 saturated heterocycles. The van der Waals surface area contributed by atoms with Crippen LogP contribution in [0, 0.1) is 0 Å². The number of H-pyrrole nitrogens is 1. The third kappa shape index (κ3) is 1.94. The quantitative estimate of drug-likeness (QED) is 0.881. The first kappa shape index (κ1) is 10.7. The van der Waals surface area contributed by atoms with Gasteiger partial charge in [-0.15, -0.1) is 0 Å². The van der Waals surface area contributed by atoms with Gasteiger partial charge in [0.25, 0.3) is 0 Å². The van der Waals surface area contributed by atoms with E-state index in [4.69, 9.17) is 5.73 Å². The molecule has 0 aliphatic rings. The molecule has 3 N–H and O–H groups in total. The molecule has 2 nitrogen and oxygen atoms in total. The Labute approximate surface area is 98.0 Å². The highest BCUT2D eigenvalue weighted by Crippen LogP contribution is 2.29. The number of hydrogen-bond acceptors (Lipinski definition) is 1. The minimum Gasteiger partial charge on any atom is -0.357 e. The fourth-order valence-electron chi connectivity index (χ4n) is 1.80. The Bertz CT molecular complexity index is 474. The summed E-state index contributed by atoms with van der Waals surface area (Å²) in [4.78, 5) is 3.39. The summed E-state index contributed by atoms with van der Waals surface area (Å²) in [5, 5.41) is 1.26. The Kier molecular flexibility index (Phi) is 3.12. The summed E-state index contributed by atoms with van der Waals surface area (Å²) in [6.07, 6.45) is 1.95. The summed E-state index contributed by atoms with van der Waals surface area (Å²) < 4.78 is 1.17. The molecule has 0 spiro atoms. The maximum Gasteiger partial charge on any atom is 0.0468 e. The summed E-state index contributed by atoms with van der Waals surface area (Å²) >= 11 is 3.63. The second-order valence-corrected chi connectivity index (χ2v) is 4.48. The molecule has 0 amide bonds. The molecule has 2 aromatic rings. The van der Waals surface area contributed by atoms with Gasteiger partial charge in [0.2, 0.25) is 0 Å². The molecule has 0 fully saturated rings. The molecule has 3 heteroatoms. The molecule has 0 aliphatic heterocycles. The second kappa shape index (κ2) is 4.37. The van der Waals surface area contributed by atoms with Gasteiger partial charge in [-0.25, -0.2) is 0 Å². The van der Waals surface area contributed by atoms with Gasteiger partial charge in [-0.2, -0.15) is 0 Å². The summed E-state index contributed by atoms with van der Waals surface area (Å²) in [6.45, 7) is 2.84. The van der Waals surface area contributed by atoms with E-state index in [2.05, 4.69) is 46.0 Å². The summed E-state index contributed by atoms with van der Waals surface area (Å²) in [7, 11) is 0. The van der Waals surface area contributed by atoms with Gasteiger partial charge in [0.15, 0.2) is 0 Å². The zero-order chi connectivity index (χ0) is 10.8. The average Bonchev–Trinajstić information content (AvgIpc) is 2.56. The molecule has 1 aromatic carbocycles. The van der Waals surface area contributed by atoms with E-state index in [-0.39, 0.29) is 0 Å². The van der Waals surface area contributed by atoms with Crippen molar-refractivity contribution in [1.82, 2.24) is 4.98 Å². The lowest BCUT2D eigenvalue weighted by atomic mass is 10.1. The lowest BCUT2D eigenvalue weighted by Crippen LogP contribution is -2.03. The van der Waals surface area contributed by atoms with Gasteiger partial charge in [0.05, 0.1) is 0 Å². The number of benzene rings is 1. The standard InChI is InChI=1S/C12H15BrN2/c1-2-8-3-4-10-9(7-8)12(13)11(15-10)5-6-14/h3-4,7,15H,2,5-6,14H2,1H3. The van der Waals surface area contributed by atoms with Crippen LogP contribution in [0.3, 0.4) is 0 Å². The largest absolute Gasteiger partial charge is 0.357 e. The van der Waals surface area contributed by atoms with Crippen LogP contribution in [0.4, 0.5) is 0 Å². The van der Waals surface area contributed by atoms with E-state index < -0.39 is 0 Å². The maximum absolute atomic E-state index is 5.57. The Morgan fingerprint density at radius 2 is 2.20 bits per heavy atom. The van der Waals surface area contributed by atoms with Crippen LogP contribution in [0.2, 0.25) is 0 Å². The molecular formula is C12H15BrN2.